The lowest BCUT2D eigenvalue weighted by molar-refractivity contribution is 0.264. The van der Waals surface area contributed by atoms with Gasteiger partial charge in [0.05, 0.1) is 0 Å². The van der Waals surface area contributed by atoms with Crippen molar-refractivity contribution in [3.8, 4) is 0 Å². The molecule has 2 atom stereocenters. The number of benzene rings is 1. The van der Waals surface area contributed by atoms with Crippen molar-refractivity contribution in [3.63, 3.8) is 0 Å². The molecular weight excluding hydrogens is 273 g/mol. The highest BCUT2D eigenvalue weighted by Crippen LogP contribution is 2.55. The minimum absolute atomic E-state index is 0. The molecule has 0 radical (unpaired) electrons. The van der Waals surface area contributed by atoms with Crippen LogP contribution in [0.5, 0.6) is 0 Å². The Morgan fingerprint density at radius 3 is 2.83 bits per heavy atom. The van der Waals surface area contributed by atoms with Gasteiger partial charge in [-0.05, 0) is 35.9 Å². The zero-order valence-corrected chi connectivity index (χ0v) is 11.4. The molecule has 0 bridgehead atoms. The van der Waals surface area contributed by atoms with E-state index < -0.39 is 0 Å². The molecule has 1 fully saturated rings. The fourth-order valence-corrected chi connectivity index (χ4v) is 3.90. The Balaban J connectivity index is 0.00000120. The molecule has 2 aromatic rings. The van der Waals surface area contributed by atoms with Crippen LogP contribution in [-0.2, 0) is 5.41 Å². The summed E-state index contributed by atoms with van der Waals surface area (Å²) < 4.78 is 14.1. The van der Waals surface area contributed by atoms with Crippen molar-refractivity contribution >= 4 is 33.8 Å². The van der Waals surface area contributed by atoms with Gasteiger partial charge in [-0.15, -0.1) is 23.7 Å². The second kappa shape index (κ2) is 4.78. The fraction of sp³-hybridized carbons (Fsp3) is 0.385. The molecule has 0 aliphatic heterocycles. The molecule has 1 aliphatic carbocycles. The van der Waals surface area contributed by atoms with Crippen LogP contribution in [0.4, 0.5) is 4.39 Å². The number of aliphatic hydroxyl groups excluding tert-OH is 1. The number of rotatable bonds is 3. The molecule has 3 rings (SSSR count). The van der Waals surface area contributed by atoms with E-state index in [4.69, 9.17) is 5.73 Å². The number of nitrogens with two attached hydrogens (primary N) is 1. The van der Waals surface area contributed by atoms with Crippen LogP contribution in [0.3, 0.4) is 0 Å². The maximum Gasteiger partial charge on any atom is 0.124 e. The van der Waals surface area contributed by atoms with Gasteiger partial charge in [-0.1, -0.05) is 6.07 Å². The third-order valence-corrected chi connectivity index (χ3v) is 5.11. The average Bonchev–Trinajstić information content (AvgIpc) is 2.93. The molecule has 98 valence electrons. The molecule has 1 aliphatic rings. The van der Waals surface area contributed by atoms with Gasteiger partial charge >= 0.3 is 0 Å². The molecule has 2 nitrogen and oxygen atoms in total. The molecule has 0 saturated heterocycles. The van der Waals surface area contributed by atoms with Crippen molar-refractivity contribution in [1.82, 2.24) is 0 Å². The first-order valence-corrected chi connectivity index (χ1v) is 6.52. The van der Waals surface area contributed by atoms with Gasteiger partial charge in [0.25, 0.3) is 0 Å². The first-order valence-electron chi connectivity index (χ1n) is 5.70. The summed E-state index contributed by atoms with van der Waals surface area (Å²) in [6.45, 7) is 0.730. The fourth-order valence-electron chi connectivity index (χ4n) is 2.52. The van der Waals surface area contributed by atoms with E-state index >= 15 is 0 Å². The van der Waals surface area contributed by atoms with Crippen molar-refractivity contribution in [1.29, 1.82) is 0 Å². The van der Waals surface area contributed by atoms with Gasteiger partial charge in [-0.25, -0.2) is 4.39 Å². The number of hydrogen-bond donors (Lipinski definition) is 2. The highest BCUT2D eigenvalue weighted by Gasteiger charge is 2.54. The first kappa shape index (κ1) is 13.7. The number of aliphatic hydroxyl groups is 1. The largest absolute Gasteiger partial charge is 0.396 e. The van der Waals surface area contributed by atoms with Gasteiger partial charge in [0.15, 0.2) is 0 Å². The van der Waals surface area contributed by atoms with Gasteiger partial charge in [0, 0.05) is 28.1 Å². The molecule has 1 heterocycles. The van der Waals surface area contributed by atoms with Crippen LogP contribution in [0.25, 0.3) is 10.1 Å². The van der Waals surface area contributed by atoms with Crippen molar-refractivity contribution in [2.24, 2.45) is 11.7 Å². The highest BCUT2D eigenvalue weighted by atomic mass is 35.5. The van der Waals surface area contributed by atoms with Gasteiger partial charge in [-0.2, -0.15) is 0 Å². The van der Waals surface area contributed by atoms with E-state index in [0.717, 1.165) is 16.5 Å². The van der Waals surface area contributed by atoms with Crippen LogP contribution >= 0.6 is 23.7 Å². The molecule has 1 aromatic carbocycles. The van der Waals surface area contributed by atoms with E-state index in [1.807, 2.05) is 0 Å². The van der Waals surface area contributed by atoms with Crippen LogP contribution in [0.1, 0.15) is 11.3 Å². The summed E-state index contributed by atoms with van der Waals surface area (Å²) in [5, 5.41) is 10.3. The van der Waals surface area contributed by atoms with Gasteiger partial charge in [-0.3, -0.25) is 0 Å². The van der Waals surface area contributed by atoms with Crippen LogP contribution in [0.15, 0.2) is 24.3 Å². The Labute approximate surface area is 115 Å². The average molecular weight is 288 g/mol. The Kier molecular flexibility index (Phi) is 3.65. The van der Waals surface area contributed by atoms with Gasteiger partial charge in [0.2, 0.25) is 0 Å². The zero-order chi connectivity index (χ0) is 12.0. The van der Waals surface area contributed by atoms with Crippen LogP contribution in [0, 0.1) is 11.7 Å². The summed E-state index contributed by atoms with van der Waals surface area (Å²) in [4.78, 5) is 1.18. The summed E-state index contributed by atoms with van der Waals surface area (Å²) in [5.41, 5.74) is 5.78. The minimum atomic E-state index is -0.206. The third-order valence-electron chi connectivity index (χ3n) is 3.79. The number of halogens is 2. The topological polar surface area (TPSA) is 46.2 Å². The lowest BCUT2D eigenvalue weighted by atomic mass is 10.0. The maximum absolute atomic E-state index is 13.1. The Morgan fingerprint density at radius 1 is 1.44 bits per heavy atom. The molecular formula is C13H15ClFNOS. The van der Waals surface area contributed by atoms with E-state index in [9.17, 15) is 9.50 Å². The van der Waals surface area contributed by atoms with E-state index in [0.29, 0.717) is 6.54 Å². The predicted molar refractivity (Wildman–Crippen MR) is 75.0 cm³/mol. The smallest absolute Gasteiger partial charge is 0.124 e. The number of hydrogen-bond acceptors (Lipinski definition) is 3. The monoisotopic (exact) mass is 287 g/mol. The molecule has 1 saturated carbocycles. The number of thiophene rings is 1. The summed E-state index contributed by atoms with van der Waals surface area (Å²) >= 11 is 1.59. The first-order chi connectivity index (χ1) is 8.19. The van der Waals surface area contributed by atoms with Gasteiger partial charge in [0.1, 0.15) is 5.82 Å². The van der Waals surface area contributed by atoms with Crippen molar-refractivity contribution < 1.29 is 9.50 Å². The molecule has 2 unspecified atom stereocenters. The third kappa shape index (κ3) is 1.93. The summed E-state index contributed by atoms with van der Waals surface area (Å²) in [6, 6.07) is 6.92. The molecule has 1 aromatic heterocycles. The second-order valence-electron chi connectivity index (χ2n) is 4.74. The highest BCUT2D eigenvalue weighted by molar-refractivity contribution is 7.19. The summed E-state index contributed by atoms with van der Waals surface area (Å²) in [5.74, 6) is 0.0626. The van der Waals surface area contributed by atoms with Crippen LogP contribution < -0.4 is 5.73 Å². The van der Waals surface area contributed by atoms with Crippen LogP contribution in [0.2, 0.25) is 0 Å². The van der Waals surface area contributed by atoms with Crippen molar-refractivity contribution in [2.45, 2.75) is 11.8 Å². The normalized spacial score (nSPS) is 26.1. The van der Waals surface area contributed by atoms with Gasteiger partial charge < -0.3 is 10.8 Å². The molecule has 0 amide bonds. The van der Waals surface area contributed by atoms with E-state index in [2.05, 4.69) is 6.07 Å². The Bertz CT molecular complexity index is 573. The standard InChI is InChI=1S/C13H14FNOS.ClH/c14-10-2-1-8-3-12(17-11(8)4-10)13(7-15)5-9(13)6-16;/h1-4,9,16H,5-7,15H2;1H. The Morgan fingerprint density at radius 2 is 2.22 bits per heavy atom. The molecule has 18 heavy (non-hydrogen) atoms. The molecule has 0 spiro atoms. The summed E-state index contributed by atoms with van der Waals surface area (Å²) in [7, 11) is 0. The predicted octanol–water partition coefficient (Wildman–Crippen LogP) is 2.67. The van der Waals surface area contributed by atoms with Crippen molar-refractivity contribution in [3.05, 3.63) is 35.0 Å². The van der Waals surface area contributed by atoms with Crippen LogP contribution in [-0.4, -0.2) is 18.3 Å². The summed E-state index contributed by atoms with van der Waals surface area (Å²) in [6.07, 6.45) is 0.940. The zero-order valence-electron chi connectivity index (χ0n) is 9.73. The minimum Gasteiger partial charge on any atom is -0.396 e. The van der Waals surface area contributed by atoms with E-state index in [1.54, 1.807) is 23.5 Å². The van der Waals surface area contributed by atoms with Crippen molar-refractivity contribution in [2.75, 3.05) is 13.2 Å². The molecule has 3 N–H and O–H groups in total. The number of fused-ring (bicyclic) bond motifs is 1. The lowest BCUT2D eigenvalue weighted by Gasteiger charge is -2.11. The lowest BCUT2D eigenvalue weighted by Crippen LogP contribution is -2.22. The van der Waals surface area contributed by atoms with E-state index in [1.165, 1.54) is 10.9 Å². The second-order valence-corrected chi connectivity index (χ2v) is 5.82. The Hall–Kier alpha value is -0.680. The maximum atomic E-state index is 13.1. The quantitative estimate of drug-likeness (QED) is 0.912. The SMILES string of the molecule is Cl.NCC1(c2cc3ccc(F)cc3s2)CC1CO. The van der Waals surface area contributed by atoms with E-state index in [-0.39, 0.29) is 36.2 Å². The molecule has 5 heteroatoms.